The lowest BCUT2D eigenvalue weighted by Crippen LogP contribution is -2.36. The van der Waals surface area contributed by atoms with Gasteiger partial charge in [0.25, 0.3) is 0 Å². The van der Waals surface area contributed by atoms with E-state index in [0.717, 1.165) is 11.1 Å². The summed E-state index contributed by atoms with van der Waals surface area (Å²) in [4.78, 5) is 0. The smallest absolute Gasteiger partial charge is 0.123 e. The molecule has 1 aromatic rings. The molecule has 3 nitrogen and oxygen atoms in total. The van der Waals surface area contributed by atoms with Crippen LogP contribution >= 0.6 is 11.6 Å². The van der Waals surface area contributed by atoms with Crippen LogP contribution in [0.1, 0.15) is 5.56 Å². The fourth-order valence-corrected chi connectivity index (χ4v) is 1.45. The molecule has 0 atom stereocenters. The number of hydrogen-bond donors (Lipinski definition) is 3. The third-order valence-electron chi connectivity index (χ3n) is 1.96. The van der Waals surface area contributed by atoms with Gasteiger partial charge in [0, 0.05) is 5.57 Å². The van der Waals surface area contributed by atoms with E-state index >= 15 is 0 Å². The molecule has 14 heavy (non-hydrogen) atoms. The van der Waals surface area contributed by atoms with Gasteiger partial charge in [0.15, 0.2) is 0 Å². The van der Waals surface area contributed by atoms with Crippen LogP contribution in [-0.2, 0) is 0 Å². The van der Waals surface area contributed by atoms with Gasteiger partial charge in [-0.05, 0) is 11.6 Å². The largest absolute Gasteiger partial charge is 0.384 e. The normalized spacial score (nSPS) is 15.6. The van der Waals surface area contributed by atoms with Crippen molar-refractivity contribution in [1.29, 1.82) is 0 Å². The zero-order valence-electron chi connectivity index (χ0n) is 7.42. The number of nitrogens with two attached hydrogens (primary N) is 1. The topological polar surface area (TPSA) is 50.1 Å². The van der Waals surface area contributed by atoms with Crippen LogP contribution in [0.4, 0.5) is 0 Å². The number of halogens is 1. The van der Waals surface area contributed by atoms with Crippen LogP contribution in [0.15, 0.2) is 47.4 Å². The minimum atomic E-state index is 0.526. The summed E-state index contributed by atoms with van der Waals surface area (Å²) in [6.45, 7) is 0. The molecular formula is C10H10ClN3. The summed E-state index contributed by atoms with van der Waals surface area (Å²) in [5.41, 5.74) is 13.2. The second kappa shape index (κ2) is 3.64. The number of rotatable bonds is 1. The van der Waals surface area contributed by atoms with Crippen molar-refractivity contribution in [2.45, 2.75) is 0 Å². The van der Waals surface area contributed by atoms with E-state index < -0.39 is 0 Å². The van der Waals surface area contributed by atoms with Crippen LogP contribution in [0, 0.1) is 0 Å². The SMILES string of the molecule is NC1=C(c2ccccc2)C=C(Cl)NN1. The lowest BCUT2D eigenvalue weighted by molar-refractivity contribution is 0.702. The summed E-state index contributed by atoms with van der Waals surface area (Å²) in [6, 6.07) is 9.84. The highest BCUT2D eigenvalue weighted by molar-refractivity contribution is 6.30. The van der Waals surface area contributed by atoms with Gasteiger partial charge in [0.1, 0.15) is 11.0 Å². The maximum absolute atomic E-state index is 5.82. The van der Waals surface area contributed by atoms with Crippen LogP contribution in [-0.4, -0.2) is 0 Å². The lowest BCUT2D eigenvalue weighted by atomic mass is 10.1. The van der Waals surface area contributed by atoms with Gasteiger partial charge in [0.05, 0.1) is 0 Å². The van der Waals surface area contributed by atoms with Crippen molar-refractivity contribution in [2.24, 2.45) is 5.73 Å². The standard InChI is InChI=1S/C10H10ClN3/c11-9-6-8(10(12)14-13-9)7-4-2-1-3-5-7/h1-6,13-14H,12H2. The number of hydrogen-bond acceptors (Lipinski definition) is 3. The first kappa shape index (κ1) is 8.97. The van der Waals surface area contributed by atoms with E-state index in [1.807, 2.05) is 30.3 Å². The first-order chi connectivity index (χ1) is 6.77. The van der Waals surface area contributed by atoms with Gasteiger partial charge in [-0.15, -0.1) is 0 Å². The Morgan fingerprint density at radius 2 is 1.79 bits per heavy atom. The van der Waals surface area contributed by atoms with E-state index in [2.05, 4.69) is 10.9 Å². The van der Waals surface area contributed by atoms with Crippen molar-refractivity contribution >= 4 is 17.2 Å². The van der Waals surface area contributed by atoms with Crippen LogP contribution in [0.3, 0.4) is 0 Å². The summed E-state index contributed by atoms with van der Waals surface area (Å²) >= 11 is 5.82. The maximum Gasteiger partial charge on any atom is 0.123 e. The molecule has 4 heteroatoms. The number of nitrogens with one attached hydrogen (secondary N) is 2. The molecule has 0 spiro atoms. The summed E-state index contributed by atoms with van der Waals surface area (Å²) in [5.74, 6) is 0.570. The Labute approximate surface area is 87.2 Å². The Hall–Kier alpha value is -1.61. The average molecular weight is 208 g/mol. The first-order valence-electron chi connectivity index (χ1n) is 4.22. The Morgan fingerprint density at radius 1 is 1.07 bits per heavy atom. The Bertz CT molecular complexity index is 395. The van der Waals surface area contributed by atoms with Gasteiger partial charge in [-0.3, -0.25) is 10.9 Å². The van der Waals surface area contributed by atoms with Gasteiger partial charge in [-0.25, -0.2) is 0 Å². The number of allylic oxidation sites excluding steroid dienone is 2. The predicted octanol–water partition coefficient (Wildman–Crippen LogP) is 1.50. The zero-order valence-corrected chi connectivity index (χ0v) is 8.18. The summed E-state index contributed by atoms with van der Waals surface area (Å²) < 4.78 is 0. The molecular weight excluding hydrogens is 198 g/mol. The minimum absolute atomic E-state index is 0.526. The molecule has 0 saturated heterocycles. The second-order valence-corrected chi connectivity index (χ2v) is 3.34. The average Bonchev–Trinajstić information content (AvgIpc) is 2.23. The van der Waals surface area contributed by atoms with Crippen molar-refractivity contribution in [2.75, 3.05) is 0 Å². The van der Waals surface area contributed by atoms with Crippen molar-refractivity contribution < 1.29 is 0 Å². The van der Waals surface area contributed by atoms with Crippen LogP contribution < -0.4 is 16.6 Å². The Kier molecular flexibility index (Phi) is 2.33. The molecule has 72 valence electrons. The third kappa shape index (κ3) is 1.67. The van der Waals surface area contributed by atoms with Gasteiger partial charge in [-0.1, -0.05) is 41.9 Å². The molecule has 0 fully saturated rings. The maximum atomic E-state index is 5.82. The van der Waals surface area contributed by atoms with Crippen LogP contribution in [0.5, 0.6) is 0 Å². The molecule has 1 aliphatic heterocycles. The highest BCUT2D eigenvalue weighted by Gasteiger charge is 2.09. The minimum Gasteiger partial charge on any atom is -0.384 e. The van der Waals surface area contributed by atoms with Crippen LogP contribution in [0.2, 0.25) is 0 Å². The molecule has 0 unspecified atom stereocenters. The molecule has 0 aromatic heterocycles. The van der Waals surface area contributed by atoms with Crippen molar-refractivity contribution in [3.05, 3.63) is 52.9 Å². The molecule has 0 saturated carbocycles. The van der Waals surface area contributed by atoms with Crippen molar-refractivity contribution in [3.8, 4) is 0 Å². The fraction of sp³-hybridized carbons (Fsp3) is 0. The van der Waals surface area contributed by atoms with E-state index in [1.165, 1.54) is 0 Å². The van der Waals surface area contributed by atoms with Gasteiger partial charge < -0.3 is 5.73 Å². The molecule has 0 radical (unpaired) electrons. The molecule has 0 bridgehead atoms. The molecule has 0 amide bonds. The summed E-state index contributed by atoms with van der Waals surface area (Å²) in [7, 11) is 0. The van der Waals surface area contributed by atoms with Crippen LogP contribution in [0.25, 0.3) is 5.57 Å². The van der Waals surface area contributed by atoms with E-state index in [0.29, 0.717) is 11.0 Å². The van der Waals surface area contributed by atoms with E-state index in [4.69, 9.17) is 17.3 Å². The predicted molar refractivity (Wildman–Crippen MR) is 57.8 cm³/mol. The Morgan fingerprint density at radius 3 is 2.50 bits per heavy atom. The molecule has 1 heterocycles. The van der Waals surface area contributed by atoms with Crippen molar-refractivity contribution in [3.63, 3.8) is 0 Å². The summed E-state index contributed by atoms with van der Waals surface area (Å²) in [5, 5.41) is 0.526. The highest BCUT2D eigenvalue weighted by atomic mass is 35.5. The quantitative estimate of drug-likeness (QED) is 0.612. The monoisotopic (exact) mass is 207 g/mol. The number of hydrazine groups is 1. The molecule has 1 aliphatic rings. The van der Waals surface area contributed by atoms with Gasteiger partial charge in [-0.2, -0.15) is 0 Å². The lowest BCUT2D eigenvalue weighted by Gasteiger charge is -2.17. The first-order valence-corrected chi connectivity index (χ1v) is 4.59. The Balaban J connectivity index is 2.44. The summed E-state index contributed by atoms with van der Waals surface area (Å²) in [6.07, 6.45) is 1.79. The second-order valence-electron chi connectivity index (χ2n) is 2.94. The zero-order chi connectivity index (χ0) is 9.97. The molecule has 0 aliphatic carbocycles. The van der Waals surface area contributed by atoms with E-state index in [1.54, 1.807) is 6.08 Å². The van der Waals surface area contributed by atoms with E-state index in [-0.39, 0.29) is 0 Å². The number of benzene rings is 1. The van der Waals surface area contributed by atoms with Gasteiger partial charge in [0.2, 0.25) is 0 Å². The van der Waals surface area contributed by atoms with E-state index in [9.17, 15) is 0 Å². The van der Waals surface area contributed by atoms with Gasteiger partial charge >= 0.3 is 0 Å². The molecule has 1 aromatic carbocycles. The molecule has 4 N–H and O–H groups in total. The molecule has 2 rings (SSSR count). The third-order valence-corrected chi connectivity index (χ3v) is 2.17. The van der Waals surface area contributed by atoms with Crippen molar-refractivity contribution in [1.82, 2.24) is 10.9 Å². The highest BCUT2D eigenvalue weighted by Crippen LogP contribution is 2.20. The fourth-order valence-electron chi connectivity index (χ4n) is 1.29.